The minimum atomic E-state index is -0.122. The predicted molar refractivity (Wildman–Crippen MR) is 86.8 cm³/mol. The SMILES string of the molecule is COc1cccc(CCNC(=O)c2cc(C)ccc2OC)c1. The number of aryl methyl sites for hydroxylation is 1. The summed E-state index contributed by atoms with van der Waals surface area (Å²) in [4.78, 5) is 12.3. The zero-order valence-corrected chi connectivity index (χ0v) is 13.2. The number of amides is 1. The predicted octanol–water partition coefficient (Wildman–Crippen LogP) is 2.98. The second-order valence-corrected chi connectivity index (χ2v) is 5.06. The molecule has 0 aliphatic heterocycles. The molecule has 1 amide bonds. The fourth-order valence-electron chi connectivity index (χ4n) is 2.24. The van der Waals surface area contributed by atoms with E-state index in [1.54, 1.807) is 14.2 Å². The Morgan fingerprint density at radius 2 is 1.91 bits per heavy atom. The molecule has 116 valence electrons. The van der Waals surface area contributed by atoms with Crippen molar-refractivity contribution in [3.05, 3.63) is 59.2 Å². The molecular weight excluding hydrogens is 278 g/mol. The number of rotatable bonds is 6. The minimum absolute atomic E-state index is 0.122. The number of hydrogen-bond acceptors (Lipinski definition) is 3. The standard InChI is InChI=1S/C18H21NO3/c1-13-7-8-17(22-3)16(11-13)18(20)19-10-9-14-5-4-6-15(12-14)21-2/h4-8,11-12H,9-10H2,1-3H3,(H,19,20). The Labute approximate surface area is 131 Å². The Kier molecular flexibility index (Phi) is 5.42. The molecule has 0 aliphatic carbocycles. The van der Waals surface area contributed by atoms with Gasteiger partial charge in [0.15, 0.2) is 0 Å². The van der Waals surface area contributed by atoms with Gasteiger partial charge in [-0.25, -0.2) is 0 Å². The van der Waals surface area contributed by atoms with E-state index in [-0.39, 0.29) is 5.91 Å². The van der Waals surface area contributed by atoms with Crippen molar-refractivity contribution in [3.8, 4) is 11.5 Å². The Hall–Kier alpha value is -2.49. The number of carbonyl (C=O) groups is 1. The monoisotopic (exact) mass is 299 g/mol. The van der Waals surface area contributed by atoms with Gasteiger partial charge < -0.3 is 14.8 Å². The Bertz CT molecular complexity index is 653. The molecular formula is C18H21NO3. The molecule has 0 saturated heterocycles. The summed E-state index contributed by atoms with van der Waals surface area (Å²) in [5.74, 6) is 1.29. The number of hydrogen-bond donors (Lipinski definition) is 1. The first kappa shape index (κ1) is 15.9. The van der Waals surface area contributed by atoms with E-state index in [0.717, 1.165) is 23.3 Å². The van der Waals surface area contributed by atoms with Crippen LogP contribution >= 0.6 is 0 Å². The lowest BCUT2D eigenvalue weighted by Crippen LogP contribution is -2.26. The third-order valence-electron chi connectivity index (χ3n) is 3.43. The van der Waals surface area contributed by atoms with Crippen molar-refractivity contribution in [2.75, 3.05) is 20.8 Å². The van der Waals surface area contributed by atoms with E-state index < -0.39 is 0 Å². The largest absolute Gasteiger partial charge is 0.497 e. The molecule has 0 atom stereocenters. The normalized spacial score (nSPS) is 10.1. The van der Waals surface area contributed by atoms with Crippen LogP contribution in [0.3, 0.4) is 0 Å². The molecule has 0 aromatic heterocycles. The highest BCUT2D eigenvalue weighted by Crippen LogP contribution is 2.19. The quantitative estimate of drug-likeness (QED) is 0.892. The lowest BCUT2D eigenvalue weighted by atomic mass is 10.1. The summed E-state index contributed by atoms with van der Waals surface area (Å²) < 4.78 is 10.4. The molecule has 4 heteroatoms. The van der Waals surface area contributed by atoms with Gasteiger partial charge in [0.2, 0.25) is 0 Å². The lowest BCUT2D eigenvalue weighted by Gasteiger charge is -2.10. The molecule has 0 radical (unpaired) electrons. The van der Waals surface area contributed by atoms with Crippen LogP contribution in [0.15, 0.2) is 42.5 Å². The van der Waals surface area contributed by atoms with Crippen molar-refractivity contribution in [2.45, 2.75) is 13.3 Å². The molecule has 0 saturated carbocycles. The second kappa shape index (κ2) is 7.50. The van der Waals surface area contributed by atoms with E-state index in [2.05, 4.69) is 5.32 Å². The first-order chi connectivity index (χ1) is 10.6. The molecule has 0 spiro atoms. The van der Waals surface area contributed by atoms with Crippen LogP contribution in [-0.4, -0.2) is 26.7 Å². The number of benzene rings is 2. The van der Waals surface area contributed by atoms with Gasteiger partial charge in [0.25, 0.3) is 5.91 Å². The summed E-state index contributed by atoms with van der Waals surface area (Å²) in [6.07, 6.45) is 0.747. The highest BCUT2D eigenvalue weighted by molar-refractivity contribution is 5.97. The number of methoxy groups -OCH3 is 2. The van der Waals surface area contributed by atoms with Crippen LogP contribution in [0.25, 0.3) is 0 Å². The van der Waals surface area contributed by atoms with Gasteiger partial charge in [-0.1, -0.05) is 23.8 Å². The molecule has 22 heavy (non-hydrogen) atoms. The maximum absolute atomic E-state index is 12.3. The van der Waals surface area contributed by atoms with Gasteiger partial charge in [0.05, 0.1) is 19.8 Å². The fraction of sp³-hybridized carbons (Fsp3) is 0.278. The average molecular weight is 299 g/mol. The smallest absolute Gasteiger partial charge is 0.255 e. The van der Waals surface area contributed by atoms with Crippen LogP contribution in [-0.2, 0) is 6.42 Å². The topological polar surface area (TPSA) is 47.6 Å². The number of nitrogens with one attached hydrogen (secondary N) is 1. The molecule has 0 fully saturated rings. The molecule has 0 heterocycles. The third kappa shape index (κ3) is 4.01. The van der Waals surface area contributed by atoms with Crippen LogP contribution in [0.4, 0.5) is 0 Å². The van der Waals surface area contributed by atoms with Gasteiger partial charge in [0.1, 0.15) is 11.5 Å². The summed E-state index contributed by atoms with van der Waals surface area (Å²) in [6.45, 7) is 2.51. The van der Waals surface area contributed by atoms with Crippen molar-refractivity contribution in [1.82, 2.24) is 5.32 Å². The summed E-state index contributed by atoms with van der Waals surface area (Å²) in [5.41, 5.74) is 2.71. The maximum atomic E-state index is 12.3. The Balaban J connectivity index is 1.96. The summed E-state index contributed by atoms with van der Waals surface area (Å²) in [5, 5.41) is 2.93. The van der Waals surface area contributed by atoms with Gasteiger partial charge >= 0.3 is 0 Å². The Morgan fingerprint density at radius 3 is 2.64 bits per heavy atom. The van der Waals surface area contributed by atoms with Gasteiger partial charge in [0, 0.05) is 6.54 Å². The van der Waals surface area contributed by atoms with E-state index in [1.165, 1.54) is 0 Å². The van der Waals surface area contributed by atoms with Gasteiger partial charge in [-0.3, -0.25) is 4.79 Å². The molecule has 1 N–H and O–H groups in total. The van der Waals surface area contributed by atoms with Crippen LogP contribution < -0.4 is 14.8 Å². The zero-order valence-electron chi connectivity index (χ0n) is 13.2. The highest BCUT2D eigenvalue weighted by atomic mass is 16.5. The fourth-order valence-corrected chi connectivity index (χ4v) is 2.24. The third-order valence-corrected chi connectivity index (χ3v) is 3.43. The summed E-state index contributed by atoms with van der Waals surface area (Å²) in [7, 11) is 3.21. The van der Waals surface area contributed by atoms with Crippen molar-refractivity contribution >= 4 is 5.91 Å². The van der Waals surface area contributed by atoms with Crippen LogP contribution in [0.2, 0.25) is 0 Å². The molecule has 0 bridgehead atoms. The maximum Gasteiger partial charge on any atom is 0.255 e. The molecule has 2 aromatic carbocycles. The highest BCUT2D eigenvalue weighted by Gasteiger charge is 2.11. The average Bonchev–Trinajstić information content (AvgIpc) is 2.55. The lowest BCUT2D eigenvalue weighted by molar-refractivity contribution is 0.0951. The van der Waals surface area contributed by atoms with E-state index >= 15 is 0 Å². The minimum Gasteiger partial charge on any atom is -0.497 e. The molecule has 0 aliphatic rings. The number of carbonyl (C=O) groups excluding carboxylic acids is 1. The van der Waals surface area contributed by atoms with Crippen LogP contribution in [0, 0.1) is 6.92 Å². The van der Waals surface area contributed by atoms with Crippen molar-refractivity contribution in [2.24, 2.45) is 0 Å². The van der Waals surface area contributed by atoms with Crippen LogP contribution in [0.5, 0.6) is 11.5 Å². The molecule has 4 nitrogen and oxygen atoms in total. The van der Waals surface area contributed by atoms with Crippen molar-refractivity contribution in [3.63, 3.8) is 0 Å². The van der Waals surface area contributed by atoms with E-state index in [4.69, 9.17) is 9.47 Å². The molecule has 2 aromatic rings. The first-order valence-electron chi connectivity index (χ1n) is 7.20. The van der Waals surface area contributed by atoms with Gasteiger partial charge in [-0.05, 0) is 43.2 Å². The summed E-state index contributed by atoms with van der Waals surface area (Å²) >= 11 is 0. The van der Waals surface area contributed by atoms with Crippen LogP contribution in [0.1, 0.15) is 21.5 Å². The van der Waals surface area contributed by atoms with Gasteiger partial charge in [-0.2, -0.15) is 0 Å². The van der Waals surface area contributed by atoms with Crippen molar-refractivity contribution < 1.29 is 14.3 Å². The Morgan fingerprint density at radius 1 is 1.09 bits per heavy atom. The van der Waals surface area contributed by atoms with Gasteiger partial charge in [-0.15, -0.1) is 0 Å². The van der Waals surface area contributed by atoms with E-state index in [9.17, 15) is 4.79 Å². The second-order valence-electron chi connectivity index (χ2n) is 5.06. The van der Waals surface area contributed by atoms with E-state index in [0.29, 0.717) is 17.9 Å². The zero-order chi connectivity index (χ0) is 15.9. The van der Waals surface area contributed by atoms with Crippen molar-refractivity contribution in [1.29, 1.82) is 0 Å². The number of ether oxygens (including phenoxy) is 2. The summed E-state index contributed by atoms with van der Waals surface area (Å²) in [6, 6.07) is 13.4. The van der Waals surface area contributed by atoms with E-state index in [1.807, 2.05) is 49.4 Å². The first-order valence-corrected chi connectivity index (χ1v) is 7.20. The molecule has 2 rings (SSSR count). The molecule has 0 unspecified atom stereocenters.